The Hall–Kier alpha value is -1.28. The van der Waals surface area contributed by atoms with Crippen LogP contribution in [0.1, 0.15) is 12.5 Å². The van der Waals surface area contributed by atoms with Gasteiger partial charge in [0.25, 0.3) is 0 Å². The highest BCUT2D eigenvalue weighted by Crippen LogP contribution is 2.18. The average Bonchev–Trinajstić information content (AvgIpc) is 2.15. The van der Waals surface area contributed by atoms with Gasteiger partial charge in [0, 0.05) is 7.11 Å². The molecule has 70 valence electrons. The number of methoxy groups -OCH3 is 1. The predicted octanol–water partition coefficient (Wildman–Crippen LogP) is 2.70. The highest BCUT2D eigenvalue weighted by molar-refractivity contribution is 5.62. The molecule has 1 aromatic rings. The van der Waals surface area contributed by atoms with Crippen LogP contribution in [0.5, 0.6) is 5.75 Å². The second-order valence-electron chi connectivity index (χ2n) is 2.86. The first-order valence-electron chi connectivity index (χ1n) is 4.11. The monoisotopic (exact) mass is 178 g/mol. The third kappa shape index (κ3) is 2.92. The minimum atomic E-state index is 0.277. The summed E-state index contributed by atoms with van der Waals surface area (Å²) in [5, 5.41) is 0. The standard InChI is InChI=1S/C11H14O2/c1-9(2)10-5-4-6-11(7-10)13-8-12-3/h4-7H,1,8H2,2-3H3. The summed E-state index contributed by atoms with van der Waals surface area (Å²) in [6.07, 6.45) is 0. The normalized spacial score (nSPS) is 9.69. The van der Waals surface area contributed by atoms with Crippen molar-refractivity contribution in [2.75, 3.05) is 13.9 Å². The molecule has 2 heteroatoms. The molecule has 1 aromatic carbocycles. The van der Waals surface area contributed by atoms with E-state index in [1.807, 2.05) is 31.2 Å². The van der Waals surface area contributed by atoms with Gasteiger partial charge in [-0.1, -0.05) is 24.3 Å². The summed E-state index contributed by atoms with van der Waals surface area (Å²) in [5.74, 6) is 0.808. The van der Waals surface area contributed by atoms with Crippen LogP contribution in [0, 0.1) is 0 Å². The van der Waals surface area contributed by atoms with Crippen LogP contribution in [0.4, 0.5) is 0 Å². The average molecular weight is 178 g/mol. The Morgan fingerprint density at radius 2 is 2.23 bits per heavy atom. The molecule has 0 saturated heterocycles. The van der Waals surface area contributed by atoms with Gasteiger partial charge < -0.3 is 9.47 Å². The van der Waals surface area contributed by atoms with Crippen LogP contribution >= 0.6 is 0 Å². The van der Waals surface area contributed by atoms with Crippen molar-refractivity contribution in [3.8, 4) is 5.75 Å². The van der Waals surface area contributed by atoms with E-state index in [2.05, 4.69) is 6.58 Å². The second-order valence-corrected chi connectivity index (χ2v) is 2.86. The van der Waals surface area contributed by atoms with Gasteiger partial charge in [0.05, 0.1) is 0 Å². The van der Waals surface area contributed by atoms with E-state index in [4.69, 9.17) is 9.47 Å². The van der Waals surface area contributed by atoms with Crippen LogP contribution in [0.25, 0.3) is 5.57 Å². The lowest BCUT2D eigenvalue weighted by atomic mass is 10.1. The molecular formula is C11H14O2. The second kappa shape index (κ2) is 4.67. The molecule has 0 heterocycles. The topological polar surface area (TPSA) is 18.5 Å². The van der Waals surface area contributed by atoms with Crippen LogP contribution in [0.2, 0.25) is 0 Å². The smallest absolute Gasteiger partial charge is 0.188 e. The predicted molar refractivity (Wildman–Crippen MR) is 53.7 cm³/mol. The Morgan fingerprint density at radius 1 is 1.46 bits per heavy atom. The summed E-state index contributed by atoms with van der Waals surface area (Å²) < 4.78 is 10.1. The van der Waals surface area contributed by atoms with Crippen LogP contribution in [0.15, 0.2) is 30.8 Å². The van der Waals surface area contributed by atoms with Gasteiger partial charge in [-0.25, -0.2) is 0 Å². The Kier molecular flexibility index (Phi) is 3.53. The molecule has 0 fully saturated rings. The maximum atomic E-state index is 5.28. The van der Waals surface area contributed by atoms with Gasteiger partial charge in [0.15, 0.2) is 6.79 Å². The summed E-state index contributed by atoms with van der Waals surface area (Å²) in [5.41, 5.74) is 2.12. The van der Waals surface area contributed by atoms with Gasteiger partial charge in [-0.3, -0.25) is 0 Å². The van der Waals surface area contributed by atoms with Gasteiger partial charge in [0.1, 0.15) is 5.75 Å². The Morgan fingerprint density at radius 3 is 2.85 bits per heavy atom. The van der Waals surface area contributed by atoms with Crippen LogP contribution < -0.4 is 4.74 Å². The quantitative estimate of drug-likeness (QED) is 0.660. The molecule has 0 amide bonds. The third-order valence-corrected chi connectivity index (χ3v) is 1.67. The lowest BCUT2D eigenvalue weighted by Crippen LogP contribution is -1.98. The number of benzene rings is 1. The van der Waals surface area contributed by atoms with Gasteiger partial charge in [-0.2, -0.15) is 0 Å². The van der Waals surface area contributed by atoms with Gasteiger partial charge >= 0.3 is 0 Å². The summed E-state index contributed by atoms with van der Waals surface area (Å²) in [7, 11) is 1.60. The van der Waals surface area contributed by atoms with Gasteiger partial charge in [-0.05, 0) is 24.6 Å². The number of allylic oxidation sites excluding steroid dienone is 1. The fraction of sp³-hybridized carbons (Fsp3) is 0.273. The van der Waals surface area contributed by atoms with Crippen molar-refractivity contribution in [2.24, 2.45) is 0 Å². The zero-order valence-corrected chi connectivity index (χ0v) is 8.04. The first-order chi connectivity index (χ1) is 6.24. The Balaban J connectivity index is 2.73. The van der Waals surface area contributed by atoms with E-state index in [1.165, 1.54) is 0 Å². The lowest BCUT2D eigenvalue weighted by molar-refractivity contribution is 0.0511. The first-order valence-corrected chi connectivity index (χ1v) is 4.11. The Labute approximate surface area is 78.8 Å². The van der Waals surface area contributed by atoms with Crippen molar-refractivity contribution in [3.63, 3.8) is 0 Å². The maximum absolute atomic E-state index is 5.28. The molecule has 0 aliphatic rings. The largest absolute Gasteiger partial charge is 0.468 e. The van der Waals surface area contributed by atoms with Gasteiger partial charge in [-0.15, -0.1) is 0 Å². The molecule has 0 bridgehead atoms. The molecular weight excluding hydrogens is 164 g/mol. The molecule has 1 rings (SSSR count). The summed E-state index contributed by atoms with van der Waals surface area (Å²) >= 11 is 0. The fourth-order valence-electron chi connectivity index (χ4n) is 0.978. The first kappa shape index (κ1) is 9.81. The third-order valence-electron chi connectivity index (χ3n) is 1.67. The molecule has 0 aromatic heterocycles. The van der Waals surface area contributed by atoms with E-state index in [0.717, 1.165) is 16.9 Å². The van der Waals surface area contributed by atoms with E-state index >= 15 is 0 Å². The van der Waals surface area contributed by atoms with Crippen LogP contribution in [-0.4, -0.2) is 13.9 Å². The Bertz CT molecular complexity index is 292. The van der Waals surface area contributed by atoms with Crippen molar-refractivity contribution in [3.05, 3.63) is 36.4 Å². The van der Waals surface area contributed by atoms with E-state index in [1.54, 1.807) is 7.11 Å². The maximum Gasteiger partial charge on any atom is 0.188 e. The van der Waals surface area contributed by atoms with Crippen molar-refractivity contribution < 1.29 is 9.47 Å². The fourth-order valence-corrected chi connectivity index (χ4v) is 0.978. The summed E-state index contributed by atoms with van der Waals surface area (Å²) in [6, 6.07) is 7.78. The SMILES string of the molecule is C=C(C)c1cccc(OCOC)c1. The number of hydrogen-bond donors (Lipinski definition) is 0. The van der Waals surface area contributed by atoms with E-state index in [9.17, 15) is 0 Å². The van der Waals surface area contributed by atoms with Crippen LogP contribution in [-0.2, 0) is 4.74 Å². The zero-order chi connectivity index (χ0) is 9.68. The van der Waals surface area contributed by atoms with Crippen molar-refractivity contribution in [1.29, 1.82) is 0 Å². The lowest BCUT2D eigenvalue weighted by Gasteiger charge is -2.06. The molecule has 0 spiro atoms. The molecule has 0 aliphatic heterocycles. The van der Waals surface area contributed by atoms with Crippen molar-refractivity contribution in [2.45, 2.75) is 6.92 Å². The molecule has 2 nitrogen and oxygen atoms in total. The molecule has 0 N–H and O–H groups in total. The van der Waals surface area contributed by atoms with E-state index < -0.39 is 0 Å². The summed E-state index contributed by atoms with van der Waals surface area (Å²) in [6.45, 7) is 6.11. The van der Waals surface area contributed by atoms with Gasteiger partial charge in [0.2, 0.25) is 0 Å². The minimum Gasteiger partial charge on any atom is -0.468 e. The van der Waals surface area contributed by atoms with E-state index in [0.29, 0.717) is 0 Å². The summed E-state index contributed by atoms with van der Waals surface area (Å²) in [4.78, 5) is 0. The number of rotatable bonds is 4. The van der Waals surface area contributed by atoms with Crippen molar-refractivity contribution in [1.82, 2.24) is 0 Å². The zero-order valence-electron chi connectivity index (χ0n) is 8.04. The molecule has 0 unspecified atom stereocenters. The number of hydrogen-bond acceptors (Lipinski definition) is 2. The molecule has 0 saturated carbocycles. The van der Waals surface area contributed by atoms with Crippen molar-refractivity contribution >= 4 is 5.57 Å². The molecule has 0 atom stereocenters. The van der Waals surface area contributed by atoms with E-state index in [-0.39, 0.29) is 6.79 Å². The minimum absolute atomic E-state index is 0.277. The molecule has 0 aliphatic carbocycles. The highest BCUT2D eigenvalue weighted by Gasteiger charge is 1.96. The molecule has 0 radical (unpaired) electrons. The van der Waals surface area contributed by atoms with Crippen LogP contribution in [0.3, 0.4) is 0 Å². The number of ether oxygens (including phenoxy) is 2. The molecule has 13 heavy (non-hydrogen) atoms. The highest BCUT2D eigenvalue weighted by atomic mass is 16.7.